The van der Waals surface area contributed by atoms with E-state index in [9.17, 15) is 19.2 Å². The van der Waals surface area contributed by atoms with E-state index < -0.39 is 35.8 Å². The summed E-state index contributed by atoms with van der Waals surface area (Å²) in [7, 11) is 1.51. The fourth-order valence-corrected chi connectivity index (χ4v) is 1.33. The van der Waals surface area contributed by atoms with Crippen LogP contribution in [-0.4, -0.2) is 33.5 Å². The number of carboxylic acid groups (broad SMARTS) is 1. The van der Waals surface area contributed by atoms with Crippen molar-refractivity contribution in [3.05, 3.63) is 34.2 Å². The van der Waals surface area contributed by atoms with Crippen molar-refractivity contribution >= 4 is 17.8 Å². The van der Waals surface area contributed by atoms with Crippen LogP contribution in [0.25, 0.3) is 0 Å². The van der Waals surface area contributed by atoms with Gasteiger partial charge in [0.2, 0.25) is 5.91 Å². The lowest BCUT2D eigenvalue weighted by atomic mass is 10.1. The molecule has 0 spiro atoms. The minimum atomic E-state index is -1.42. The highest BCUT2D eigenvalue weighted by Gasteiger charge is 2.22. The van der Waals surface area contributed by atoms with Crippen LogP contribution < -0.4 is 16.6 Å². The zero-order valence-electron chi connectivity index (χ0n) is 10.1. The summed E-state index contributed by atoms with van der Waals surface area (Å²) in [4.78, 5) is 44.6. The van der Waals surface area contributed by atoms with Gasteiger partial charge in [-0.2, -0.15) is 0 Å². The number of carboxylic acids is 1. The SMILES string of the molecule is Cn1ccc(C(=O)NC(CC(N)=O)C(=O)O)cc1=O. The number of hydrogen-bond acceptors (Lipinski definition) is 4. The Hall–Kier alpha value is -2.64. The third kappa shape index (κ3) is 3.95. The largest absolute Gasteiger partial charge is 0.480 e. The molecule has 0 aliphatic rings. The average Bonchev–Trinajstić information content (AvgIpc) is 2.31. The lowest BCUT2D eigenvalue weighted by Gasteiger charge is -2.12. The fourth-order valence-electron chi connectivity index (χ4n) is 1.33. The summed E-state index contributed by atoms with van der Waals surface area (Å²) in [5.74, 6) is -2.99. The maximum Gasteiger partial charge on any atom is 0.326 e. The number of hydrogen-bond donors (Lipinski definition) is 3. The van der Waals surface area contributed by atoms with Crippen LogP contribution in [-0.2, 0) is 16.6 Å². The molecular weight excluding hydrogens is 254 g/mol. The van der Waals surface area contributed by atoms with Crippen molar-refractivity contribution in [3.63, 3.8) is 0 Å². The molecule has 4 N–H and O–H groups in total. The molecule has 8 heteroatoms. The van der Waals surface area contributed by atoms with Crippen molar-refractivity contribution < 1.29 is 19.5 Å². The molecule has 0 saturated heterocycles. The molecule has 0 aliphatic heterocycles. The molecule has 102 valence electrons. The molecule has 0 bridgehead atoms. The van der Waals surface area contributed by atoms with Crippen molar-refractivity contribution in [1.82, 2.24) is 9.88 Å². The van der Waals surface area contributed by atoms with E-state index in [-0.39, 0.29) is 5.56 Å². The summed E-state index contributed by atoms with van der Waals surface area (Å²) in [6, 6.07) is 1.01. The van der Waals surface area contributed by atoms with Gasteiger partial charge in [0.15, 0.2) is 0 Å². The normalized spacial score (nSPS) is 11.6. The molecule has 1 aromatic rings. The second kappa shape index (κ2) is 5.80. The lowest BCUT2D eigenvalue weighted by molar-refractivity contribution is -0.140. The van der Waals surface area contributed by atoms with Gasteiger partial charge >= 0.3 is 5.97 Å². The molecule has 1 atom stereocenters. The first kappa shape index (κ1) is 14.4. The van der Waals surface area contributed by atoms with Crippen molar-refractivity contribution in [2.24, 2.45) is 12.8 Å². The van der Waals surface area contributed by atoms with E-state index in [0.29, 0.717) is 0 Å². The van der Waals surface area contributed by atoms with Gasteiger partial charge in [0.05, 0.1) is 6.42 Å². The molecule has 0 aromatic carbocycles. The number of pyridine rings is 1. The van der Waals surface area contributed by atoms with Crippen molar-refractivity contribution in [1.29, 1.82) is 0 Å². The number of aliphatic carboxylic acids is 1. The Bertz CT molecular complexity index is 578. The number of primary amides is 1. The molecule has 1 heterocycles. The first-order valence-electron chi connectivity index (χ1n) is 5.30. The van der Waals surface area contributed by atoms with Crippen molar-refractivity contribution in [2.45, 2.75) is 12.5 Å². The number of aryl methyl sites for hydroxylation is 1. The van der Waals surface area contributed by atoms with E-state index in [1.165, 1.54) is 23.9 Å². The van der Waals surface area contributed by atoms with Crippen LogP contribution in [0.2, 0.25) is 0 Å². The third-order valence-corrected chi connectivity index (χ3v) is 2.38. The highest BCUT2D eigenvalue weighted by Crippen LogP contribution is 1.98. The maximum atomic E-state index is 11.7. The number of nitrogens with two attached hydrogens (primary N) is 1. The molecule has 0 saturated carbocycles. The molecule has 0 fully saturated rings. The monoisotopic (exact) mass is 267 g/mol. The topological polar surface area (TPSA) is 131 Å². The fraction of sp³-hybridized carbons (Fsp3) is 0.273. The standard InChI is InChI=1S/C11H13N3O5/c1-14-3-2-6(4-9(14)16)10(17)13-7(11(18)19)5-8(12)15/h2-4,7H,5H2,1H3,(H2,12,15)(H,13,17)(H,18,19). The molecule has 2 amide bonds. The first-order valence-corrected chi connectivity index (χ1v) is 5.30. The number of nitrogens with one attached hydrogen (secondary N) is 1. The molecule has 1 aromatic heterocycles. The Labute approximate surface area is 107 Å². The highest BCUT2D eigenvalue weighted by molar-refractivity contribution is 5.97. The van der Waals surface area contributed by atoms with Gasteiger partial charge < -0.3 is 20.7 Å². The van der Waals surface area contributed by atoms with Crippen molar-refractivity contribution in [3.8, 4) is 0 Å². The van der Waals surface area contributed by atoms with Gasteiger partial charge in [-0.1, -0.05) is 0 Å². The number of amides is 2. The van der Waals surface area contributed by atoms with E-state index >= 15 is 0 Å². The lowest BCUT2D eigenvalue weighted by Crippen LogP contribution is -2.43. The summed E-state index contributed by atoms with van der Waals surface area (Å²) in [5, 5.41) is 11.0. The summed E-state index contributed by atoms with van der Waals surface area (Å²) >= 11 is 0. The van der Waals surface area contributed by atoms with Gasteiger partial charge in [-0.15, -0.1) is 0 Å². The second-order valence-electron chi connectivity index (χ2n) is 3.90. The highest BCUT2D eigenvalue weighted by atomic mass is 16.4. The van der Waals surface area contributed by atoms with Crippen molar-refractivity contribution in [2.75, 3.05) is 0 Å². The Kier molecular flexibility index (Phi) is 4.41. The summed E-state index contributed by atoms with van der Waals surface area (Å²) in [6.45, 7) is 0. The molecule has 0 aliphatic carbocycles. The maximum absolute atomic E-state index is 11.7. The number of aromatic nitrogens is 1. The van der Waals surface area contributed by atoms with Crippen LogP contribution in [0.3, 0.4) is 0 Å². The molecule has 0 radical (unpaired) electrons. The molecule has 8 nitrogen and oxygen atoms in total. The van der Waals surface area contributed by atoms with Crippen LogP contribution in [0.5, 0.6) is 0 Å². The zero-order chi connectivity index (χ0) is 14.6. The third-order valence-electron chi connectivity index (χ3n) is 2.38. The van der Waals surface area contributed by atoms with Gasteiger partial charge in [-0.05, 0) is 6.07 Å². The summed E-state index contributed by atoms with van der Waals surface area (Å²) in [6.07, 6.45) is 0.854. The molecule has 1 unspecified atom stereocenters. The second-order valence-corrected chi connectivity index (χ2v) is 3.90. The number of rotatable bonds is 5. The van der Waals surface area contributed by atoms with E-state index in [2.05, 4.69) is 5.32 Å². The van der Waals surface area contributed by atoms with E-state index in [4.69, 9.17) is 10.8 Å². The predicted octanol–water partition coefficient (Wildman–Crippen LogP) is -1.56. The minimum Gasteiger partial charge on any atom is -0.480 e. The van der Waals surface area contributed by atoms with Gasteiger partial charge in [0, 0.05) is 24.9 Å². The first-order chi connectivity index (χ1) is 8.81. The van der Waals surface area contributed by atoms with Crippen LogP contribution in [0, 0.1) is 0 Å². The number of carbonyl (C=O) groups is 3. The minimum absolute atomic E-state index is 0.0128. The van der Waals surface area contributed by atoms with E-state index in [1.807, 2.05) is 0 Å². The Morgan fingerprint density at radius 2 is 2.11 bits per heavy atom. The quantitative estimate of drug-likeness (QED) is 0.594. The van der Waals surface area contributed by atoms with Crippen LogP contribution in [0.1, 0.15) is 16.8 Å². The zero-order valence-corrected chi connectivity index (χ0v) is 10.1. The summed E-state index contributed by atoms with van der Waals surface area (Å²) in [5.41, 5.74) is 4.49. The van der Waals surface area contributed by atoms with Gasteiger partial charge in [-0.25, -0.2) is 4.79 Å². The van der Waals surface area contributed by atoms with Crippen LogP contribution in [0.4, 0.5) is 0 Å². The predicted molar refractivity (Wildman–Crippen MR) is 64.4 cm³/mol. The van der Waals surface area contributed by atoms with Crippen LogP contribution in [0.15, 0.2) is 23.1 Å². The smallest absolute Gasteiger partial charge is 0.326 e. The molecule has 1 rings (SSSR count). The Balaban J connectivity index is 2.87. The number of carbonyl (C=O) groups excluding carboxylic acids is 2. The number of nitrogens with zero attached hydrogens (tertiary/aromatic N) is 1. The Morgan fingerprint density at radius 3 is 2.58 bits per heavy atom. The van der Waals surface area contributed by atoms with Gasteiger partial charge in [-0.3, -0.25) is 14.4 Å². The van der Waals surface area contributed by atoms with E-state index in [1.54, 1.807) is 0 Å². The average molecular weight is 267 g/mol. The molecule has 19 heavy (non-hydrogen) atoms. The van der Waals surface area contributed by atoms with Gasteiger partial charge in [0.25, 0.3) is 11.5 Å². The van der Waals surface area contributed by atoms with Crippen LogP contribution >= 0.6 is 0 Å². The van der Waals surface area contributed by atoms with Gasteiger partial charge in [0.1, 0.15) is 6.04 Å². The Morgan fingerprint density at radius 1 is 1.47 bits per heavy atom. The molecular formula is C11H13N3O5. The van der Waals surface area contributed by atoms with E-state index in [0.717, 1.165) is 6.07 Å². The summed E-state index contributed by atoms with van der Waals surface area (Å²) < 4.78 is 1.26.